The highest BCUT2D eigenvalue weighted by atomic mass is 35.5. The fourth-order valence-corrected chi connectivity index (χ4v) is 1.79. The van der Waals surface area contributed by atoms with Crippen LogP contribution in [0.4, 0.5) is 0 Å². The maximum absolute atomic E-state index is 5.46. The summed E-state index contributed by atoms with van der Waals surface area (Å²) in [6.45, 7) is 1.64. The summed E-state index contributed by atoms with van der Waals surface area (Å²) in [5, 5.41) is 0. The molecule has 1 heterocycles. The summed E-state index contributed by atoms with van der Waals surface area (Å²) < 4.78 is 10.3. The van der Waals surface area contributed by atoms with Crippen LogP contribution in [-0.2, 0) is 9.05 Å². The summed E-state index contributed by atoms with van der Waals surface area (Å²) in [7, 11) is -0.704. The Morgan fingerprint density at radius 3 is 2.38 bits per heavy atom. The van der Waals surface area contributed by atoms with Gasteiger partial charge in [-0.05, 0) is 6.42 Å². The van der Waals surface area contributed by atoms with Gasteiger partial charge in [0.25, 0.3) is 0 Å². The maximum atomic E-state index is 5.46. The van der Waals surface area contributed by atoms with Crippen LogP contribution in [0.15, 0.2) is 0 Å². The van der Waals surface area contributed by atoms with Crippen molar-refractivity contribution in [1.82, 2.24) is 0 Å². The summed E-state index contributed by atoms with van der Waals surface area (Å²) in [5.74, 6) is 0. The molecule has 8 heavy (non-hydrogen) atoms. The van der Waals surface area contributed by atoms with Crippen LogP contribution in [0, 0.1) is 0 Å². The lowest BCUT2D eigenvalue weighted by molar-refractivity contribution is 0.184. The smallest absolute Gasteiger partial charge is 0.186 e. The number of rotatable bonds is 1. The van der Waals surface area contributed by atoms with Gasteiger partial charge in [0.05, 0.1) is 18.8 Å². The Morgan fingerprint density at radius 2 is 2.00 bits per heavy atom. The topological polar surface area (TPSA) is 18.5 Å². The minimum Gasteiger partial charge on any atom is -0.333 e. The zero-order valence-corrected chi connectivity index (χ0v) is 6.12. The highest BCUT2D eigenvalue weighted by Gasteiger charge is 2.12. The first-order valence-electron chi connectivity index (χ1n) is 2.53. The number of hydrogen-bond donors (Lipinski definition) is 0. The van der Waals surface area contributed by atoms with Gasteiger partial charge in [0.1, 0.15) is 0 Å². The maximum Gasteiger partial charge on any atom is 0.186 e. The normalized spacial score (nSPS) is 23.6. The lowest BCUT2D eigenvalue weighted by atomic mass is 10.5. The Hall–Kier alpha value is 0.640. The van der Waals surface area contributed by atoms with E-state index < -0.39 is 8.38 Å². The van der Waals surface area contributed by atoms with E-state index in [-0.39, 0.29) is 0 Å². The van der Waals surface area contributed by atoms with E-state index in [0.29, 0.717) is 5.62 Å². The summed E-state index contributed by atoms with van der Waals surface area (Å²) in [6, 6.07) is 0. The van der Waals surface area contributed by atoms with Crippen molar-refractivity contribution in [3.8, 4) is 0 Å². The molecule has 2 nitrogen and oxygen atoms in total. The van der Waals surface area contributed by atoms with Crippen LogP contribution < -0.4 is 0 Å². The number of halogens is 1. The molecule has 1 rings (SSSR count). The first kappa shape index (κ1) is 6.76. The summed E-state index contributed by atoms with van der Waals surface area (Å²) >= 11 is 5.46. The van der Waals surface area contributed by atoms with Crippen LogP contribution >= 0.6 is 20.0 Å². The van der Waals surface area contributed by atoms with Crippen molar-refractivity contribution >= 4 is 20.0 Å². The zero-order chi connectivity index (χ0) is 5.82. The average molecular weight is 155 g/mol. The molecule has 1 saturated heterocycles. The molecule has 48 valence electrons. The number of alkyl halides is 1. The summed E-state index contributed by atoms with van der Waals surface area (Å²) in [6.07, 6.45) is 1.01. The SMILES string of the molecule is ClCP1OCCCO1. The van der Waals surface area contributed by atoms with E-state index >= 15 is 0 Å². The molecular formula is C4H8ClO2P. The van der Waals surface area contributed by atoms with Crippen LogP contribution in [0.1, 0.15) is 6.42 Å². The largest absolute Gasteiger partial charge is 0.333 e. The van der Waals surface area contributed by atoms with Crippen molar-refractivity contribution in [3.05, 3.63) is 0 Å². The van der Waals surface area contributed by atoms with Gasteiger partial charge in [-0.3, -0.25) is 0 Å². The third-order valence-corrected chi connectivity index (χ3v) is 2.58. The molecule has 0 aromatic heterocycles. The van der Waals surface area contributed by atoms with E-state index in [2.05, 4.69) is 0 Å². The lowest BCUT2D eigenvalue weighted by Gasteiger charge is -2.19. The van der Waals surface area contributed by atoms with Gasteiger partial charge >= 0.3 is 0 Å². The van der Waals surface area contributed by atoms with E-state index in [1.807, 2.05) is 0 Å². The van der Waals surface area contributed by atoms with Gasteiger partial charge in [0.15, 0.2) is 8.38 Å². The van der Waals surface area contributed by atoms with Crippen LogP contribution in [0.25, 0.3) is 0 Å². The average Bonchev–Trinajstić information content (AvgIpc) is 1.90. The van der Waals surface area contributed by atoms with E-state index in [9.17, 15) is 0 Å². The van der Waals surface area contributed by atoms with Crippen molar-refractivity contribution in [3.63, 3.8) is 0 Å². The Morgan fingerprint density at radius 1 is 1.38 bits per heavy atom. The highest BCUT2D eigenvalue weighted by molar-refractivity contribution is 7.49. The molecule has 0 atom stereocenters. The molecule has 0 aliphatic carbocycles. The monoisotopic (exact) mass is 154 g/mol. The first-order valence-corrected chi connectivity index (χ1v) is 4.42. The summed E-state index contributed by atoms with van der Waals surface area (Å²) in [5.41, 5.74) is 0.509. The van der Waals surface area contributed by atoms with Crippen molar-refractivity contribution in [2.45, 2.75) is 6.42 Å². The second-order valence-electron chi connectivity index (χ2n) is 1.47. The second kappa shape index (κ2) is 3.62. The molecule has 0 spiro atoms. The van der Waals surface area contributed by atoms with Crippen molar-refractivity contribution in [2.75, 3.05) is 18.8 Å². The van der Waals surface area contributed by atoms with E-state index in [1.165, 1.54) is 0 Å². The molecule has 1 fully saturated rings. The first-order chi connectivity index (χ1) is 3.93. The molecule has 0 unspecified atom stereocenters. The molecule has 1 aliphatic rings. The van der Waals surface area contributed by atoms with Crippen molar-refractivity contribution in [2.24, 2.45) is 0 Å². The molecule has 0 bridgehead atoms. The Bertz CT molecular complexity index is 65.1. The molecule has 0 radical (unpaired) electrons. The Balaban J connectivity index is 2.13. The quantitative estimate of drug-likeness (QED) is 0.425. The fraction of sp³-hybridized carbons (Fsp3) is 1.00. The van der Waals surface area contributed by atoms with Crippen molar-refractivity contribution < 1.29 is 9.05 Å². The molecule has 0 aromatic carbocycles. The molecule has 0 N–H and O–H groups in total. The van der Waals surface area contributed by atoms with Gasteiger partial charge in [-0.25, -0.2) is 0 Å². The fourth-order valence-electron chi connectivity index (χ4n) is 0.498. The minimum absolute atomic E-state index is 0.509. The van der Waals surface area contributed by atoms with Crippen LogP contribution in [0.2, 0.25) is 0 Å². The molecular weight excluding hydrogens is 146 g/mol. The van der Waals surface area contributed by atoms with E-state index in [4.69, 9.17) is 20.6 Å². The molecule has 0 saturated carbocycles. The zero-order valence-electron chi connectivity index (χ0n) is 4.47. The molecule has 0 aromatic rings. The van der Waals surface area contributed by atoms with Gasteiger partial charge in [0.2, 0.25) is 0 Å². The molecule has 0 amide bonds. The van der Waals surface area contributed by atoms with Crippen LogP contribution in [-0.4, -0.2) is 18.8 Å². The molecule has 1 aliphatic heterocycles. The van der Waals surface area contributed by atoms with Gasteiger partial charge in [-0.15, -0.1) is 11.6 Å². The van der Waals surface area contributed by atoms with Gasteiger partial charge < -0.3 is 9.05 Å². The minimum atomic E-state index is -0.704. The number of hydrogen-bond acceptors (Lipinski definition) is 2. The van der Waals surface area contributed by atoms with Gasteiger partial charge in [0, 0.05) is 0 Å². The molecule has 4 heteroatoms. The van der Waals surface area contributed by atoms with Crippen LogP contribution in [0.3, 0.4) is 0 Å². The van der Waals surface area contributed by atoms with E-state index in [1.54, 1.807) is 0 Å². The van der Waals surface area contributed by atoms with Crippen LogP contribution in [0.5, 0.6) is 0 Å². The van der Waals surface area contributed by atoms with Gasteiger partial charge in [-0.2, -0.15) is 0 Å². The van der Waals surface area contributed by atoms with Gasteiger partial charge in [-0.1, -0.05) is 0 Å². The predicted molar refractivity (Wildman–Crippen MR) is 34.2 cm³/mol. The predicted octanol–water partition coefficient (Wildman–Crippen LogP) is 1.93. The Kier molecular flexibility index (Phi) is 3.06. The third-order valence-electron chi connectivity index (χ3n) is 0.857. The Labute approximate surface area is 55.0 Å². The highest BCUT2D eigenvalue weighted by Crippen LogP contribution is 2.41. The van der Waals surface area contributed by atoms with Crippen molar-refractivity contribution in [1.29, 1.82) is 0 Å². The standard InChI is InChI=1S/C4H8ClO2P/c5-4-8-6-2-1-3-7-8/h1-4H2. The second-order valence-corrected chi connectivity index (χ2v) is 3.61. The third kappa shape index (κ3) is 1.87. The van der Waals surface area contributed by atoms with E-state index in [0.717, 1.165) is 19.6 Å². The lowest BCUT2D eigenvalue weighted by Crippen LogP contribution is -2.04. The summed E-state index contributed by atoms with van der Waals surface area (Å²) in [4.78, 5) is 0.